The molecule has 0 fully saturated rings. The minimum Gasteiger partial charge on any atom is -0.467 e. The lowest BCUT2D eigenvalue weighted by Crippen LogP contribution is -2.40. The van der Waals surface area contributed by atoms with Crippen LogP contribution in [0.15, 0.2) is 60.2 Å². The Bertz CT molecular complexity index is 1130. The van der Waals surface area contributed by atoms with Crippen LogP contribution in [0.4, 0.5) is 4.39 Å². The third-order valence-corrected chi connectivity index (χ3v) is 5.96. The molecular weight excluding hydrogens is 417 g/mol. The Morgan fingerprint density at radius 3 is 2.38 bits per heavy atom. The van der Waals surface area contributed by atoms with E-state index in [1.165, 1.54) is 24.3 Å². The number of nitrogens with two attached hydrogens (primary N) is 1. The zero-order valence-corrected chi connectivity index (χ0v) is 16.2. The third kappa shape index (κ3) is 3.53. The largest absolute Gasteiger partial charge is 0.467 e. The predicted octanol–water partition coefficient (Wildman–Crippen LogP) is 1.02. The number of halogens is 2. The molecule has 1 aliphatic heterocycles. The summed E-state index contributed by atoms with van der Waals surface area (Å²) < 4.78 is 46.1. The van der Waals surface area contributed by atoms with E-state index >= 15 is 0 Å². The van der Waals surface area contributed by atoms with Crippen LogP contribution in [0.5, 0.6) is 0 Å². The van der Waals surface area contributed by atoms with Crippen LogP contribution in [0.2, 0.25) is 5.02 Å². The van der Waals surface area contributed by atoms with Gasteiger partial charge >= 0.3 is 10.1 Å². The summed E-state index contributed by atoms with van der Waals surface area (Å²) in [5.74, 6) is -3.52. The fourth-order valence-electron chi connectivity index (χ4n) is 2.62. The second kappa shape index (κ2) is 7.14. The van der Waals surface area contributed by atoms with Gasteiger partial charge in [0.1, 0.15) is 13.7 Å². The molecule has 0 amide bonds. The van der Waals surface area contributed by atoms with E-state index in [0.717, 1.165) is 18.2 Å². The van der Waals surface area contributed by atoms with Gasteiger partial charge in [-0.15, -0.1) is 0 Å². The predicted molar refractivity (Wildman–Crippen MR) is 106 cm³/mol. The first-order valence-electron chi connectivity index (χ1n) is 7.95. The summed E-state index contributed by atoms with van der Waals surface area (Å²) in [6.45, 7) is 0. The van der Waals surface area contributed by atoms with Gasteiger partial charge in [-0.05, 0) is 17.7 Å². The van der Waals surface area contributed by atoms with Gasteiger partial charge in [-0.2, -0.15) is 8.42 Å². The van der Waals surface area contributed by atoms with Crippen molar-refractivity contribution in [2.75, 3.05) is 0 Å². The highest BCUT2D eigenvalue weighted by Crippen LogP contribution is 2.40. The number of carbonyl (C=O) groups is 1. The number of rotatable bonds is 5. The van der Waals surface area contributed by atoms with Gasteiger partial charge in [0.2, 0.25) is 17.4 Å². The highest BCUT2D eigenvalue weighted by Gasteiger charge is 2.51. The van der Waals surface area contributed by atoms with Crippen molar-refractivity contribution in [2.45, 2.75) is 10.0 Å². The molecule has 2 aromatic rings. The van der Waals surface area contributed by atoms with Crippen molar-refractivity contribution in [3.8, 4) is 0 Å². The molecule has 29 heavy (non-hydrogen) atoms. The van der Waals surface area contributed by atoms with E-state index in [9.17, 15) is 17.6 Å². The maximum absolute atomic E-state index is 13.3. The van der Waals surface area contributed by atoms with E-state index in [2.05, 4.69) is 0 Å². The molecule has 142 valence electrons. The van der Waals surface area contributed by atoms with Crippen LogP contribution in [0.25, 0.3) is 0 Å². The molecular formula is C17H10B3ClFNO5S. The molecule has 6 radical (unpaired) electrons. The lowest BCUT2D eigenvalue weighted by Gasteiger charge is -2.26. The Morgan fingerprint density at radius 1 is 1.17 bits per heavy atom. The average molecular weight is 427 g/mol. The fraction of sp³-hybridized carbons (Fsp3) is 0.118. The van der Waals surface area contributed by atoms with E-state index < -0.39 is 43.4 Å². The van der Waals surface area contributed by atoms with Crippen molar-refractivity contribution in [2.24, 2.45) is 5.73 Å². The second-order valence-corrected chi connectivity index (χ2v) is 8.34. The number of hydrogen-bond donors (Lipinski definition) is 1. The molecule has 2 N–H and O–H groups in total. The van der Waals surface area contributed by atoms with E-state index in [1.54, 1.807) is 6.07 Å². The third-order valence-electron chi connectivity index (χ3n) is 4.20. The van der Waals surface area contributed by atoms with Crippen molar-refractivity contribution in [3.05, 3.63) is 82.1 Å². The first kappa shape index (κ1) is 21.3. The van der Waals surface area contributed by atoms with Crippen LogP contribution in [-0.4, -0.2) is 37.7 Å². The molecule has 0 aromatic heterocycles. The molecule has 0 bridgehead atoms. The monoisotopic (exact) mass is 427 g/mol. The number of Topliss-reactive ketones (excluding diaryl/α,β-unsaturated/α-hetero) is 1. The molecule has 1 heterocycles. The fourth-order valence-corrected chi connectivity index (χ4v) is 3.86. The van der Waals surface area contributed by atoms with Gasteiger partial charge in [-0.1, -0.05) is 48.0 Å². The van der Waals surface area contributed by atoms with Gasteiger partial charge in [0.15, 0.2) is 5.50 Å². The molecule has 0 saturated heterocycles. The second-order valence-electron chi connectivity index (χ2n) is 6.18. The molecule has 0 aliphatic carbocycles. The van der Waals surface area contributed by atoms with Crippen molar-refractivity contribution in [1.82, 2.24) is 0 Å². The molecule has 1 unspecified atom stereocenters. The van der Waals surface area contributed by atoms with Gasteiger partial charge in [0.05, 0.1) is 25.3 Å². The summed E-state index contributed by atoms with van der Waals surface area (Å²) >= 11 is 5.94. The summed E-state index contributed by atoms with van der Waals surface area (Å²) in [4.78, 5) is 12.8. The number of hydrogen-bond acceptors (Lipinski definition) is 6. The molecule has 3 rings (SSSR count). The van der Waals surface area contributed by atoms with Crippen molar-refractivity contribution in [1.29, 1.82) is 0 Å². The van der Waals surface area contributed by atoms with E-state index in [-0.39, 0.29) is 16.1 Å². The van der Waals surface area contributed by atoms with Crippen LogP contribution in [0.3, 0.4) is 0 Å². The maximum Gasteiger partial charge on any atom is 0.302 e. The normalized spacial score (nSPS) is 19.9. The first-order valence-corrected chi connectivity index (χ1v) is 9.74. The summed E-state index contributed by atoms with van der Waals surface area (Å²) in [7, 11) is 12.6. The maximum atomic E-state index is 13.3. The molecule has 2 aromatic carbocycles. The standard InChI is InChI=1S/C17H10B3ClFNO5S/c18-16(11-7-6-10(22)8-12(11)21)14(24)13(15(23)27-16)28-29(25,26)17(19,20)9-4-2-1-3-5-9/h1-8H,23H2. The summed E-state index contributed by atoms with van der Waals surface area (Å²) in [5.41, 5.74) is 3.12. The summed E-state index contributed by atoms with van der Waals surface area (Å²) in [6.07, 6.45) is 0. The summed E-state index contributed by atoms with van der Waals surface area (Å²) in [6, 6.07) is 10.3. The van der Waals surface area contributed by atoms with E-state index in [0.29, 0.717) is 0 Å². The number of carbonyl (C=O) groups excluding carboxylic acids is 1. The van der Waals surface area contributed by atoms with Crippen molar-refractivity contribution < 1.29 is 26.5 Å². The molecule has 1 atom stereocenters. The lowest BCUT2D eigenvalue weighted by atomic mass is 9.65. The quantitative estimate of drug-likeness (QED) is 0.566. The molecule has 12 heteroatoms. The molecule has 1 aliphatic rings. The Morgan fingerprint density at radius 2 is 1.79 bits per heavy atom. The van der Waals surface area contributed by atoms with Gasteiger partial charge in [-0.25, -0.2) is 4.39 Å². The Labute approximate surface area is 175 Å². The van der Waals surface area contributed by atoms with Crippen LogP contribution in [-0.2, 0) is 33.9 Å². The molecule has 0 saturated carbocycles. The molecule has 6 nitrogen and oxygen atoms in total. The van der Waals surface area contributed by atoms with E-state index in [1.807, 2.05) is 0 Å². The van der Waals surface area contributed by atoms with E-state index in [4.69, 9.17) is 49.8 Å². The van der Waals surface area contributed by atoms with Gasteiger partial charge in [-0.3, -0.25) is 4.79 Å². The minimum atomic E-state index is -4.84. The van der Waals surface area contributed by atoms with Crippen LogP contribution >= 0.6 is 11.6 Å². The Hall–Kier alpha value is -2.39. The number of benzene rings is 2. The first-order chi connectivity index (χ1) is 13.4. The van der Waals surface area contributed by atoms with Crippen LogP contribution < -0.4 is 5.73 Å². The van der Waals surface area contributed by atoms with Gasteiger partial charge < -0.3 is 14.7 Å². The van der Waals surface area contributed by atoms with Gasteiger partial charge in [0.25, 0.3) is 0 Å². The lowest BCUT2D eigenvalue weighted by molar-refractivity contribution is -0.126. The van der Waals surface area contributed by atoms with Gasteiger partial charge in [0, 0.05) is 5.56 Å². The van der Waals surface area contributed by atoms with Crippen molar-refractivity contribution in [3.63, 3.8) is 0 Å². The van der Waals surface area contributed by atoms with Crippen molar-refractivity contribution >= 4 is 51.0 Å². The van der Waals surface area contributed by atoms with Crippen LogP contribution in [0, 0.1) is 5.82 Å². The number of ketones is 1. The SMILES string of the molecule is [B]C1(c2ccc(F)cc2Cl)OC(N)=C(OS(=O)(=O)C([B])([B])c2ccccc2)C1=O. The smallest absolute Gasteiger partial charge is 0.302 e. The Kier molecular flexibility index (Phi) is 5.25. The topological polar surface area (TPSA) is 95.7 Å². The Balaban J connectivity index is 1.96. The zero-order valence-electron chi connectivity index (χ0n) is 14.6. The minimum absolute atomic E-state index is 0.00822. The highest BCUT2D eigenvalue weighted by molar-refractivity contribution is 7.90. The zero-order chi connectivity index (χ0) is 21.6. The van der Waals surface area contributed by atoms with Crippen LogP contribution in [0.1, 0.15) is 11.1 Å². The summed E-state index contributed by atoms with van der Waals surface area (Å²) in [5, 5.41) is -0.242. The highest BCUT2D eigenvalue weighted by atomic mass is 35.5. The number of ether oxygens (including phenoxy) is 1. The molecule has 0 spiro atoms. The average Bonchev–Trinajstić information content (AvgIpc) is 2.85.